The Morgan fingerprint density at radius 1 is 0.842 bits per heavy atom. The van der Waals surface area contributed by atoms with Crippen LogP contribution in [-0.2, 0) is 0 Å². The van der Waals surface area contributed by atoms with E-state index >= 15 is 0 Å². The second-order valence-corrected chi connectivity index (χ2v) is 7.88. The summed E-state index contributed by atoms with van der Waals surface area (Å²) in [5.74, 6) is 2.30. The van der Waals surface area contributed by atoms with E-state index in [1.807, 2.05) is 0 Å². The van der Waals surface area contributed by atoms with Gasteiger partial charge in [0.1, 0.15) is 0 Å². The fourth-order valence-corrected chi connectivity index (χ4v) is 2.56. The van der Waals surface area contributed by atoms with Crippen molar-refractivity contribution in [1.29, 1.82) is 0 Å². The molecule has 0 saturated carbocycles. The summed E-state index contributed by atoms with van der Waals surface area (Å²) in [5.41, 5.74) is 0.409. The first kappa shape index (κ1) is 18.9. The number of hydrogen-bond acceptors (Lipinski definition) is 2. The lowest BCUT2D eigenvalue weighted by atomic mass is 9.82. The molecule has 0 aromatic carbocycles. The van der Waals surface area contributed by atoms with Crippen LogP contribution in [0.25, 0.3) is 0 Å². The second-order valence-electron chi connectivity index (χ2n) is 7.88. The minimum atomic E-state index is 0.409. The summed E-state index contributed by atoms with van der Waals surface area (Å²) in [4.78, 5) is 0. The van der Waals surface area contributed by atoms with E-state index in [4.69, 9.17) is 0 Å². The van der Waals surface area contributed by atoms with Crippen LogP contribution in [0.5, 0.6) is 0 Å². The standard InChI is InChI=1S/C17H38N2/c1-14(2)11-18-9-8-16(5)10-17(6,7)13-19-12-15(3)4/h14-16,18-19H,8-13H2,1-7H3. The minimum absolute atomic E-state index is 0.409. The van der Waals surface area contributed by atoms with Crippen molar-refractivity contribution in [2.75, 3.05) is 26.2 Å². The molecule has 116 valence electrons. The van der Waals surface area contributed by atoms with Crippen molar-refractivity contribution in [2.45, 2.75) is 61.3 Å². The van der Waals surface area contributed by atoms with Gasteiger partial charge in [0, 0.05) is 6.54 Å². The molecule has 0 aliphatic carbocycles. The van der Waals surface area contributed by atoms with Gasteiger partial charge in [-0.3, -0.25) is 0 Å². The van der Waals surface area contributed by atoms with E-state index in [1.165, 1.54) is 12.8 Å². The molecule has 0 spiro atoms. The molecule has 0 heterocycles. The lowest BCUT2D eigenvalue weighted by Gasteiger charge is -2.29. The number of rotatable bonds is 11. The first-order valence-corrected chi connectivity index (χ1v) is 8.14. The Morgan fingerprint density at radius 2 is 1.37 bits per heavy atom. The van der Waals surface area contributed by atoms with Crippen LogP contribution in [0.1, 0.15) is 61.3 Å². The summed E-state index contributed by atoms with van der Waals surface area (Å²) in [6.07, 6.45) is 2.60. The molecule has 19 heavy (non-hydrogen) atoms. The summed E-state index contributed by atoms with van der Waals surface area (Å²) in [7, 11) is 0. The number of nitrogens with one attached hydrogen (secondary N) is 2. The third-order valence-corrected chi connectivity index (χ3v) is 3.42. The summed E-state index contributed by atoms with van der Waals surface area (Å²) in [5, 5.41) is 7.14. The van der Waals surface area contributed by atoms with E-state index in [-0.39, 0.29) is 0 Å². The fourth-order valence-electron chi connectivity index (χ4n) is 2.56. The molecular formula is C17H38N2. The van der Waals surface area contributed by atoms with Crippen molar-refractivity contribution in [3.63, 3.8) is 0 Å². The van der Waals surface area contributed by atoms with Crippen molar-refractivity contribution < 1.29 is 0 Å². The Hall–Kier alpha value is -0.0800. The van der Waals surface area contributed by atoms with Gasteiger partial charge in [0.25, 0.3) is 0 Å². The Morgan fingerprint density at radius 3 is 1.89 bits per heavy atom. The molecule has 0 aromatic heterocycles. The smallest absolute Gasteiger partial charge is 0.000273 e. The summed E-state index contributed by atoms with van der Waals surface area (Å²) < 4.78 is 0. The van der Waals surface area contributed by atoms with Gasteiger partial charge in [0.05, 0.1) is 0 Å². The zero-order valence-electron chi connectivity index (χ0n) is 14.5. The maximum atomic E-state index is 3.60. The second kappa shape index (κ2) is 9.77. The molecule has 0 aliphatic heterocycles. The molecule has 0 amide bonds. The van der Waals surface area contributed by atoms with Crippen molar-refractivity contribution in [2.24, 2.45) is 23.2 Å². The summed E-state index contributed by atoms with van der Waals surface area (Å²) in [6.45, 7) is 20.8. The molecule has 2 nitrogen and oxygen atoms in total. The van der Waals surface area contributed by atoms with Gasteiger partial charge in [-0.15, -0.1) is 0 Å². The van der Waals surface area contributed by atoms with Crippen LogP contribution in [0.3, 0.4) is 0 Å². The van der Waals surface area contributed by atoms with E-state index in [0.717, 1.165) is 43.9 Å². The molecule has 0 rings (SSSR count). The highest BCUT2D eigenvalue weighted by Crippen LogP contribution is 2.26. The Bertz CT molecular complexity index is 209. The Kier molecular flexibility index (Phi) is 9.72. The van der Waals surface area contributed by atoms with Crippen LogP contribution < -0.4 is 10.6 Å². The maximum Gasteiger partial charge on any atom is 0.000273 e. The molecule has 0 bridgehead atoms. The Labute approximate surface area is 122 Å². The minimum Gasteiger partial charge on any atom is -0.316 e. The van der Waals surface area contributed by atoms with Crippen LogP contribution in [0.2, 0.25) is 0 Å². The topological polar surface area (TPSA) is 24.1 Å². The van der Waals surface area contributed by atoms with Crippen LogP contribution >= 0.6 is 0 Å². The molecule has 2 heteroatoms. The van der Waals surface area contributed by atoms with Crippen LogP contribution in [0.4, 0.5) is 0 Å². The van der Waals surface area contributed by atoms with Crippen LogP contribution in [0.15, 0.2) is 0 Å². The summed E-state index contributed by atoms with van der Waals surface area (Å²) >= 11 is 0. The molecule has 1 atom stereocenters. The van der Waals surface area contributed by atoms with Gasteiger partial charge in [-0.25, -0.2) is 0 Å². The largest absolute Gasteiger partial charge is 0.316 e. The normalized spacial score (nSPS) is 14.4. The molecule has 0 saturated heterocycles. The third kappa shape index (κ3) is 12.7. The van der Waals surface area contributed by atoms with Crippen molar-refractivity contribution in [3.05, 3.63) is 0 Å². The van der Waals surface area contributed by atoms with Crippen molar-refractivity contribution >= 4 is 0 Å². The van der Waals surface area contributed by atoms with E-state index in [1.54, 1.807) is 0 Å². The SMILES string of the molecule is CC(C)CNCCC(C)CC(C)(C)CNCC(C)C. The van der Waals surface area contributed by atoms with E-state index in [2.05, 4.69) is 59.1 Å². The highest BCUT2D eigenvalue weighted by Gasteiger charge is 2.20. The lowest BCUT2D eigenvalue weighted by Crippen LogP contribution is -2.33. The van der Waals surface area contributed by atoms with Gasteiger partial charge in [-0.2, -0.15) is 0 Å². The van der Waals surface area contributed by atoms with Gasteiger partial charge < -0.3 is 10.6 Å². The zero-order chi connectivity index (χ0) is 14.9. The quantitative estimate of drug-likeness (QED) is 0.556. The average molecular weight is 271 g/mol. The first-order valence-electron chi connectivity index (χ1n) is 8.14. The molecule has 0 aliphatic rings. The first-order chi connectivity index (χ1) is 8.73. The molecule has 0 fully saturated rings. The van der Waals surface area contributed by atoms with E-state index in [9.17, 15) is 0 Å². The van der Waals surface area contributed by atoms with Crippen LogP contribution in [0, 0.1) is 23.2 Å². The van der Waals surface area contributed by atoms with Gasteiger partial charge in [0.15, 0.2) is 0 Å². The monoisotopic (exact) mass is 270 g/mol. The molecule has 2 N–H and O–H groups in total. The summed E-state index contributed by atoms with van der Waals surface area (Å²) in [6, 6.07) is 0. The Balaban J connectivity index is 3.73. The molecule has 1 unspecified atom stereocenters. The predicted octanol–water partition coefficient (Wildman–Crippen LogP) is 3.92. The molecule has 0 aromatic rings. The van der Waals surface area contributed by atoms with Gasteiger partial charge >= 0.3 is 0 Å². The van der Waals surface area contributed by atoms with Crippen molar-refractivity contribution in [1.82, 2.24) is 10.6 Å². The predicted molar refractivity (Wildman–Crippen MR) is 87.6 cm³/mol. The molecular weight excluding hydrogens is 232 g/mol. The average Bonchev–Trinajstić information content (AvgIpc) is 2.22. The number of hydrogen-bond donors (Lipinski definition) is 2. The van der Waals surface area contributed by atoms with E-state index in [0.29, 0.717) is 5.41 Å². The third-order valence-electron chi connectivity index (χ3n) is 3.42. The lowest BCUT2D eigenvalue weighted by molar-refractivity contribution is 0.252. The molecule has 0 radical (unpaired) electrons. The zero-order valence-corrected chi connectivity index (χ0v) is 14.5. The highest BCUT2D eigenvalue weighted by molar-refractivity contribution is 4.75. The van der Waals surface area contributed by atoms with Crippen molar-refractivity contribution in [3.8, 4) is 0 Å². The highest BCUT2D eigenvalue weighted by atomic mass is 14.9. The van der Waals surface area contributed by atoms with E-state index < -0.39 is 0 Å². The maximum absolute atomic E-state index is 3.60. The fraction of sp³-hybridized carbons (Fsp3) is 1.00. The van der Waals surface area contributed by atoms with Gasteiger partial charge in [-0.05, 0) is 55.6 Å². The van der Waals surface area contributed by atoms with Gasteiger partial charge in [-0.1, -0.05) is 48.5 Å². The van der Waals surface area contributed by atoms with Crippen LogP contribution in [-0.4, -0.2) is 26.2 Å². The van der Waals surface area contributed by atoms with Gasteiger partial charge in [0.2, 0.25) is 0 Å².